The van der Waals surface area contributed by atoms with Gasteiger partial charge in [-0.25, -0.2) is 9.18 Å². The lowest BCUT2D eigenvalue weighted by atomic mass is 10.2. The van der Waals surface area contributed by atoms with E-state index in [0.717, 1.165) is 6.20 Å². The number of carbonyl (C=O) groups excluding carboxylic acids is 1. The molecule has 1 aliphatic rings. The van der Waals surface area contributed by atoms with Gasteiger partial charge in [0.05, 0.1) is 19.0 Å². The van der Waals surface area contributed by atoms with E-state index in [1.165, 1.54) is 25.3 Å². The molecule has 0 radical (unpaired) electrons. The number of ether oxygens (including phenoxy) is 1. The topological polar surface area (TPSA) is 86.6 Å². The highest BCUT2D eigenvalue weighted by atomic mass is 32.2. The Bertz CT molecular complexity index is 530. The van der Waals surface area contributed by atoms with E-state index < -0.39 is 23.3 Å². The van der Waals surface area contributed by atoms with Gasteiger partial charge in [0.1, 0.15) is 11.5 Å². The zero-order valence-corrected chi connectivity index (χ0v) is 10.0. The summed E-state index contributed by atoms with van der Waals surface area (Å²) in [7, 11) is 1.20. The molecule has 1 aliphatic heterocycles. The van der Waals surface area contributed by atoms with Gasteiger partial charge in [0.15, 0.2) is 5.70 Å². The van der Waals surface area contributed by atoms with Crippen LogP contribution in [0.1, 0.15) is 5.69 Å². The maximum absolute atomic E-state index is 12.7. The Balaban J connectivity index is 2.34. The molecule has 1 atom stereocenters. The van der Waals surface area contributed by atoms with Crippen molar-refractivity contribution in [2.75, 3.05) is 7.11 Å². The summed E-state index contributed by atoms with van der Waals surface area (Å²) in [4.78, 5) is 15.1. The molecule has 2 rings (SSSR count). The molecule has 6 nitrogen and oxygen atoms in total. The second kappa shape index (κ2) is 5.15. The molecule has 0 saturated carbocycles. The Morgan fingerprint density at radius 3 is 2.94 bits per heavy atom. The minimum atomic E-state index is -1.79. The second-order valence-electron chi connectivity index (χ2n) is 3.24. The molecule has 0 spiro atoms. The number of aromatic nitrogens is 1. The van der Waals surface area contributed by atoms with Crippen molar-refractivity contribution in [3.8, 4) is 0 Å². The lowest BCUT2D eigenvalue weighted by Crippen LogP contribution is -2.31. The zero-order chi connectivity index (χ0) is 13.1. The molecule has 0 fully saturated rings. The summed E-state index contributed by atoms with van der Waals surface area (Å²) in [6.07, 6.45) is 2.35. The highest BCUT2D eigenvalue weighted by Gasteiger charge is 2.24. The minimum absolute atomic E-state index is 0.00644. The van der Waals surface area contributed by atoms with Crippen LogP contribution in [0.2, 0.25) is 0 Å². The third-order valence-electron chi connectivity index (χ3n) is 2.05. The van der Waals surface area contributed by atoms with Crippen LogP contribution in [-0.4, -0.2) is 28.3 Å². The molecule has 0 amide bonds. The van der Waals surface area contributed by atoms with Crippen LogP contribution in [0.15, 0.2) is 34.5 Å². The monoisotopic (exact) mass is 269 g/mol. The molecule has 0 aromatic carbocycles. The predicted octanol–water partition coefficient (Wildman–Crippen LogP) is 0.249. The van der Waals surface area contributed by atoms with Crippen molar-refractivity contribution < 1.29 is 18.5 Å². The molecule has 94 valence electrons. The van der Waals surface area contributed by atoms with Gasteiger partial charge in [-0.05, 0) is 16.5 Å². The number of nitrogens with one attached hydrogen (secondary N) is 1. The van der Waals surface area contributed by atoms with Crippen molar-refractivity contribution in [1.82, 2.24) is 9.71 Å². The normalized spacial score (nSPS) is 18.5. The van der Waals surface area contributed by atoms with Crippen LogP contribution in [0.25, 0.3) is 0 Å². The summed E-state index contributed by atoms with van der Waals surface area (Å²) >= 11 is -1.79. The molecule has 0 aliphatic carbocycles. The van der Waals surface area contributed by atoms with E-state index in [9.17, 15) is 13.7 Å². The third kappa shape index (κ3) is 2.66. The molecule has 2 heterocycles. The van der Waals surface area contributed by atoms with Crippen molar-refractivity contribution in [2.45, 2.75) is 0 Å². The number of methoxy groups -OCH3 is 1. The highest BCUT2D eigenvalue weighted by molar-refractivity contribution is 7.88. The van der Waals surface area contributed by atoms with E-state index in [1.807, 2.05) is 0 Å². The molecule has 1 aromatic heterocycles. The molecule has 0 bridgehead atoms. The van der Waals surface area contributed by atoms with Gasteiger partial charge < -0.3 is 9.29 Å². The SMILES string of the molecule is COC(=O)C1=CC(c2ccc(F)cn2)=N[S+]([O-])N1. The summed E-state index contributed by atoms with van der Waals surface area (Å²) in [5.74, 6) is -1.16. The van der Waals surface area contributed by atoms with Gasteiger partial charge >= 0.3 is 5.97 Å². The van der Waals surface area contributed by atoms with Gasteiger partial charge in [-0.3, -0.25) is 4.98 Å². The summed E-state index contributed by atoms with van der Waals surface area (Å²) in [5.41, 5.74) is 0.534. The van der Waals surface area contributed by atoms with E-state index in [1.54, 1.807) is 0 Å². The van der Waals surface area contributed by atoms with E-state index >= 15 is 0 Å². The number of allylic oxidation sites excluding steroid dienone is 1. The largest absolute Gasteiger partial charge is 0.567 e. The first kappa shape index (κ1) is 12.5. The van der Waals surface area contributed by atoms with Crippen LogP contribution >= 0.6 is 0 Å². The quantitative estimate of drug-likeness (QED) is 0.614. The number of carbonyl (C=O) groups is 1. The van der Waals surface area contributed by atoms with E-state index in [4.69, 9.17) is 0 Å². The summed E-state index contributed by atoms with van der Waals surface area (Å²) in [5, 5.41) is 0. The van der Waals surface area contributed by atoms with E-state index in [2.05, 4.69) is 18.8 Å². The van der Waals surface area contributed by atoms with Gasteiger partial charge in [-0.1, -0.05) is 0 Å². The Labute approximate surface area is 105 Å². The average molecular weight is 269 g/mol. The lowest BCUT2D eigenvalue weighted by Gasteiger charge is -2.13. The van der Waals surface area contributed by atoms with Gasteiger partial charge in [0, 0.05) is 6.08 Å². The molecule has 0 saturated heterocycles. The third-order valence-corrected chi connectivity index (χ3v) is 2.81. The number of esters is 1. The average Bonchev–Trinajstić information content (AvgIpc) is 2.38. The van der Waals surface area contributed by atoms with Crippen LogP contribution in [0, 0.1) is 5.82 Å². The Morgan fingerprint density at radius 1 is 1.56 bits per heavy atom. The fourth-order valence-electron chi connectivity index (χ4n) is 1.26. The van der Waals surface area contributed by atoms with Crippen LogP contribution in [0.5, 0.6) is 0 Å². The van der Waals surface area contributed by atoms with Crippen molar-refractivity contribution in [2.24, 2.45) is 4.40 Å². The fourth-order valence-corrected chi connectivity index (χ4v) is 1.96. The van der Waals surface area contributed by atoms with Crippen LogP contribution in [0.3, 0.4) is 0 Å². The first-order valence-corrected chi connectivity index (χ1v) is 5.90. The van der Waals surface area contributed by atoms with Crippen LogP contribution in [-0.2, 0) is 21.1 Å². The van der Waals surface area contributed by atoms with E-state index in [-0.39, 0.29) is 11.4 Å². The number of rotatable bonds is 2. The van der Waals surface area contributed by atoms with Crippen molar-refractivity contribution in [1.29, 1.82) is 0 Å². The molecule has 8 heteroatoms. The maximum atomic E-state index is 12.7. The molecule has 1 unspecified atom stereocenters. The first-order chi connectivity index (χ1) is 8.60. The molecule has 18 heavy (non-hydrogen) atoms. The van der Waals surface area contributed by atoms with Gasteiger partial charge in [0.2, 0.25) is 11.5 Å². The Kier molecular flexibility index (Phi) is 3.58. The van der Waals surface area contributed by atoms with Crippen LogP contribution in [0.4, 0.5) is 4.39 Å². The summed E-state index contributed by atoms with van der Waals surface area (Å²) in [6.45, 7) is 0. The fraction of sp³-hybridized carbons (Fsp3) is 0.100. The standard InChI is InChI=1S/C10H8FN3O3S/c1-17-10(15)9-4-8(13-18(16)14-9)7-3-2-6(11)5-12-7/h2-5,14H,1H3. The number of pyridine rings is 1. The first-order valence-electron chi connectivity index (χ1n) is 4.79. The Morgan fingerprint density at radius 2 is 2.33 bits per heavy atom. The number of hydrogen-bond donors (Lipinski definition) is 1. The van der Waals surface area contributed by atoms with Gasteiger partial charge in [-0.2, -0.15) is 4.72 Å². The molecular formula is C10H8FN3O3S. The molecule has 1 N–H and O–H groups in total. The van der Waals surface area contributed by atoms with Gasteiger partial charge in [0.25, 0.3) is 0 Å². The number of halogens is 1. The van der Waals surface area contributed by atoms with Crippen LogP contribution < -0.4 is 4.72 Å². The van der Waals surface area contributed by atoms with E-state index in [0.29, 0.717) is 5.69 Å². The molecular weight excluding hydrogens is 261 g/mol. The smallest absolute Gasteiger partial charge is 0.358 e. The minimum Gasteiger partial charge on any atom is -0.567 e. The number of hydrogen-bond acceptors (Lipinski definition) is 6. The van der Waals surface area contributed by atoms with Crippen molar-refractivity contribution >= 4 is 23.2 Å². The predicted molar refractivity (Wildman–Crippen MR) is 62.1 cm³/mol. The maximum Gasteiger partial charge on any atom is 0.358 e. The Hall–Kier alpha value is -1.93. The zero-order valence-electron chi connectivity index (χ0n) is 9.21. The second-order valence-corrected chi connectivity index (χ2v) is 4.12. The highest BCUT2D eigenvalue weighted by Crippen LogP contribution is 2.11. The summed E-state index contributed by atoms with van der Waals surface area (Å²) in [6, 6.07) is 2.57. The molecule has 1 aromatic rings. The summed E-state index contributed by atoms with van der Waals surface area (Å²) < 4.78 is 34.7. The lowest BCUT2D eigenvalue weighted by molar-refractivity contribution is -0.136. The van der Waals surface area contributed by atoms with Crippen molar-refractivity contribution in [3.05, 3.63) is 41.6 Å². The number of nitrogens with zero attached hydrogens (tertiary/aromatic N) is 2. The van der Waals surface area contributed by atoms with Gasteiger partial charge in [-0.15, -0.1) is 0 Å². The van der Waals surface area contributed by atoms with Crippen molar-refractivity contribution in [3.63, 3.8) is 0 Å².